The lowest BCUT2D eigenvalue weighted by molar-refractivity contribution is 0.175. The minimum absolute atomic E-state index is 0.213. The van der Waals surface area contributed by atoms with Crippen molar-refractivity contribution >= 4 is 6.03 Å². The number of hydrogen-bond donors (Lipinski definition) is 1. The van der Waals surface area contributed by atoms with Crippen molar-refractivity contribution in [1.82, 2.24) is 10.2 Å². The van der Waals surface area contributed by atoms with Crippen LogP contribution in [0.15, 0.2) is 0 Å². The zero-order valence-corrected chi connectivity index (χ0v) is 10.8. The molecule has 17 heavy (non-hydrogen) atoms. The third-order valence-corrected chi connectivity index (χ3v) is 4.81. The first-order valence-corrected chi connectivity index (χ1v) is 7.33. The highest BCUT2D eigenvalue weighted by molar-refractivity contribution is 5.75. The number of nitrogens with zero attached hydrogens (tertiary/aromatic N) is 1. The normalized spacial score (nSPS) is 32.9. The van der Waals surface area contributed by atoms with Gasteiger partial charge in [0.15, 0.2) is 0 Å². The number of likely N-dealkylation sites (tertiary alicyclic amines) is 1. The molecular formula is C14H24N2O. The van der Waals surface area contributed by atoms with Crippen LogP contribution in [0, 0.1) is 11.8 Å². The Hall–Kier alpha value is -0.730. The Kier molecular flexibility index (Phi) is 3.01. The van der Waals surface area contributed by atoms with Crippen molar-refractivity contribution in [3.63, 3.8) is 0 Å². The van der Waals surface area contributed by atoms with Crippen molar-refractivity contribution in [2.45, 2.75) is 64.0 Å². The maximum atomic E-state index is 12.2. The average Bonchev–Trinajstić information content (AvgIpc) is 2.90. The molecule has 1 aliphatic heterocycles. The van der Waals surface area contributed by atoms with E-state index in [-0.39, 0.29) is 6.03 Å². The van der Waals surface area contributed by atoms with Crippen molar-refractivity contribution in [1.29, 1.82) is 0 Å². The number of amides is 2. The number of urea groups is 1. The fourth-order valence-corrected chi connectivity index (χ4v) is 3.51. The van der Waals surface area contributed by atoms with Crippen LogP contribution >= 0.6 is 0 Å². The molecule has 96 valence electrons. The first kappa shape index (κ1) is 11.4. The van der Waals surface area contributed by atoms with E-state index in [2.05, 4.69) is 17.1 Å². The standard InChI is InChI=1S/C14H24N2O/c1-2-12(7-10-3-4-10)15-14(17)16-9-11-5-6-13(16)8-11/h10-13H,2-9H2,1H3,(H,15,17)/t11-,12-,13-/m0/s1. The molecule has 0 spiro atoms. The van der Waals surface area contributed by atoms with E-state index in [1.807, 2.05) is 0 Å². The number of nitrogens with one attached hydrogen (secondary N) is 1. The van der Waals surface area contributed by atoms with Gasteiger partial charge in [-0.25, -0.2) is 4.79 Å². The summed E-state index contributed by atoms with van der Waals surface area (Å²) in [5.41, 5.74) is 0. The predicted molar refractivity (Wildman–Crippen MR) is 67.8 cm³/mol. The Labute approximate surface area is 104 Å². The molecule has 3 rings (SSSR count). The Morgan fingerprint density at radius 3 is 2.71 bits per heavy atom. The largest absolute Gasteiger partial charge is 0.335 e. The molecule has 1 N–H and O–H groups in total. The fourth-order valence-electron chi connectivity index (χ4n) is 3.51. The summed E-state index contributed by atoms with van der Waals surface area (Å²) in [5.74, 6) is 1.70. The topological polar surface area (TPSA) is 32.3 Å². The van der Waals surface area contributed by atoms with Gasteiger partial charge in [0.2, 0.25) is 0 Å². The van der Waals surface area contributed by atoms with Gasteiger partial charge in [-0.2, -0.15) is 0 Å². The molecular weight excluding hydrogens is 212 g/mol. The molecule has 3 aliphatic rings. The van der Waals surface area contributed by atoms with Gasteiger partial charge in [-0.3, -0.25) is 0 Å². The summed E-state index contributed by atoms with van der Waals surface area (Å²) < 4.78 is 0. The first-order valence-electron chi connectivity index (χ1n) is 7.33. The molecule has 2 aliphatic carbocycles. The van der Waals surface area contributed by atoms with Gasteiger partial charge in [-0.15, -0.1) is 0 Å². The van der Waals surface area contributed by atoms with Crippen LogP contribution < -0.4 is 5.32 Å². The quantitative estimate of drug-likeness (QED) is 0.799. The molecule has 1 heterocycles. The molecule has 3 nitrogen and oxygen atoms in total. The van der Waals surface area contributed by atoms with Gasteiger partial charge in [-0.05, 0) is 43.9 Å². The number of carbonyl (C=O) groups is 1. The summed E-state index contributed by atoms with van der Waals surface area (Å²) in [6, 6.07) is 1.18. The number of fused-ring (bicyclic) bond motifs is 2. The van der Waals surface area contributed by atoms with Crippen molar-refractivity contribution in [3.8, 4) is 0 Å². The minimum Gasteiger partial charge on any atom is -0.335 e. The summed E-state index contributed by atoms with van der Waals surface area (Å²) in [6.45, 7) is 3.19. The highest BCUT2D eigenvalue weighted by Crippen LogP contribution is 2.37. The van der Waals surface area contributed by atoms with E-state index in [4.69, 9.17) is 0 Å². The van der Waals surface area contributed by atoms with Crippen LogP contribution in [-0.2, 0) is 0 Å². The highest BCUT2D eigenvalue weighted by atomic mass is 16.2. The Morgan fingerprint density at radius 2 is 2.18 bits per heavy atom. The van der Waals surface area contributed by atoms with Crippen LogP contribution in [0.1, 0.15) is 51.9 Å². The fraction of sp³-hybridized carbons (Fsp3) is 0.929. The lowest BCUT2D eigenvalue weighted by Crippen LogP contribution is -2.47. The summed E-state index contributed by atoms with van der Waals surface area (Å²) >= 11 is 0. The third-order valence-electron chi connectivity index (χ3n) is 4.81. The van der Waals surface area contributed by atoms with Crippen LogP contribution in [0.5, 0.6) is 0 Å². The van der Waals surface area contributed by atoms with Crippen molar-refractivity contribution in [2.24, 2.45) is 11.8 Å². The monoisotopic (exact) mass is 236 g/mol. The van der Waals surface area contributed by atoms with Crippen LogP contribution in [0.2, 0.25) is 0 Å². The molecule has 0 radical (unpaired) electrons. The van der Waals surface area contributed by atoms with Crippen LogP contribution in [0.3, 0.4) is 0 Å². The predicted octanol–water partition coefficient (Wildman–Crippen LogP) is 2.76. The average molecular weight is 236 g/mol. The highest BCUT2D eigenvalue weighted by Gasteiger charge is 2.40. The van der Waals surface area contributed by atoms with Crippen molar-refractivity contribution in [2.75, 3.05) is 6.54 Å². The molecule has 0 aromatic carbocycles. The second-order valence-corrected chi connectivity index (χ2v) is 6.22. The molecule has 2 amide bonds. The molecule has 1 saturated heterocycles. The van der Waals surface area contributed by atoms with Crippen LogP contribution in [-0.4, -0.2) is 29.6 Å². The molecule has 2 saturated carbocycles. The molecule has 3 atom stereocenters. The van der Waals surface area contributed by atoms with Gasteiger partial charge in [0.1, 0.15) is 0 Å². The van der Waals surface area contributed by atoms with Gasteiger partial charge in [0.05, 0.1) is 0 Å². The van der Waals surface area contributed by atoms with Crippen molar-refractivity contribution in [3.05, 3.63) is 0 Å². The van der Waals surface area contributed by atoms with Gasteiger partial charge >= 0.3 is 6.03 Å². The Bertz CT molecular complexity index is 301. The van der Waals surface area contributed by atoms with Gasteiger partial charge in [0.25, 0.3) is 0 Å². The number of hydrogen-bond acceptors (Lipinski definition) is 1. The molecule has 3 fully saturated rings. The summed E-state index contributed by atoms with van der Waals surface area (Å²) in [4.78, 5) is 14.3. The first-order chi connectivity index (χ1) is 8.26. The maximum absolute atomic E-state index is 12.2. The van der Waals surface area contributed by atoms with E-state index in [0.29, 0.717) is 12.1 Å². The van der Waals surface area contributed by atoms with Crippen molar-refractivity contribution < 1.29 is 4.79 Å². The van der Waals surface area contributed by atoms with Crippen LogP contribution in [0.4, 0.5) is 4.79 Å². The summed E-state index contributed by atoms with van der Waals surface area (Å²) in [5, 5.41) is 3.25. The molecule has 3 heteroatoms. The summed E-state index contributed by atoms with van der Waals surface area (Å²) in [6.07, 6.45) is 8.86. The van der Waals surface area contributed by atoms with E-state index in [9.17, 15) is 4.79 Å². The Morgan fingerprint density at radius 1 is 1.35 bits per heavy atom. The maximum Gasteiger partial charge on any atom is 0.317 e. The van der Waals surface area contributed by atoms with E-state index >= 15 is 0 Å². The van der Waals surface area contributed by atoms with Gasteiger partial charge in [-0.1, -0.05) is 19.8 Å². The number of carbonyl (C=O) groups excluding carboxylic acids is 1. The zero-order valence-electron chi connectivity index (χ0n) is 10.8. The van der Waals surface area contributed by atoms with E-state index < -0.39 is 0 Å². The minimum atomic E-state index is 0.213. The molecule has 0 aromatic rings. The molecule has 0 unspecified atom stereocenters. The van der Waals surface area contributed by atoms with E-state index in [1.165, 1.54) is 38.5 Å². The zero-order chi connectivity index (χ0) is 11.8. The second kappa shape index (κ2) is 4.51. The smallest absolute Gasteiger partial charge is 0.317 e. The van der Waals surface area contributed by atoms with Crippen LogP contribution in [0.25, 0.3) is 0 Å². The lowest BCUT2D eigenvalue weighted by atomic mass is 10.1. The second-order valence-electron chi connectivity index (χ2n) is 6.22. The number of rotatable bonds is 4. The summed E-state index contributed by atoms with van der Waals surface area (Å²) in [7, 11) is 0. The Balaban J connectivity index is 1.51. The SMILES string of the molecule is CC[C@@H](CC1CC1)NC(=O)N1C[C@H]2CC[C@H]1C2. The van der Waals surface area contributed by atoms with Gasteiger partial charge < -0.3 is 10.2 Å². The van der Waals surface area contributed by atoms with Gasteiger partial charge in [0, 0.05) is 18.6 Å². The van der Waals surface area contributed by atoms with E-state index in [1.54, 1.807) is 0 Å². The van der Waals surface area contributed by atoms with E-state index in [0.717, 1.165) is 24.8 Å². The third kappa shape index (κ3) is 2.43. The molecule has 0 aromatic heterocycles. The number of piperidine rings is 1. The molecule has 2 bridgehead atoms. The lowest BCUT2D eigenvalue weighted by Gasteiger charge is -2.29.